The predicted molar refractivity (Wildman–Crippen MR) is 213 cm³/mol. The zero-order valence-electron chi connectivity index (χ0n) is 31.7. The minimum absolute atomic E-state index is 0.0407. The van der Waals surface area contributed by atoms with Crippen molar-refractivity contribution in [2.24, 2.45) is 0 Å². The Kier molecular flexibility index (Phi) is 13.0. The fourth-order valence-corrected chi connectivity index (χ4v) is 11.0. The second-order valence-electron chi connectivity index (χ2n) is 13.0. The number of anilines is 2. The van der Waals surface area contributed by atoms with E-state index in [1.165, 1.54) is 47.1 Å². The molecule has 4 aromatic rings. The quantitative estimate of drug-likeness (QED) is 0.140. The van der Waals surface area contributed by atoms with Crippen molar-refractivity contribution < 1.29 is 71.3 Å². The molecule has 322 valence electrons. The minimum atomic E-state index is -5.19. The first-order valence-corrected chi connectivity index (χ1v) is 23.4. The Morgan fingerprint density at radius 3 is 1.20 bits per heavy atom. The van der Waals surface area contributed by atoms with E-state index in [1.54, 1.807) is 0 Å². The van der Waals surface area contributed by atoms with Gasteiger partial charge in [-0.05, 0) is 60.7 Å². The molecule has 2 aliphatic rings. The lowest BCUT2D eigenvalue weighted by atomic mass is 10.0. The summed E-state index contributed by atoms with van der Waals surface area (Å²) in [5.41, 5.74) is -1.69. The summed E-state index contributed by atoms with van der Waals surface area (Å²) in [6.45, 7) is 0.928. The van der Waals surface area contributed by atoms with Crippen molar-refractivity contribution in [3.05, 3.63) is 83.9 Å². The molecule has 2 saturated heterocycles. The van der Waals surface area contributed by atoms with Crippen LogP contribution < -0.4 is 20.1 Å². The molecule has 2 fully saturated rings. The highest BCUT2D eigenvalue weighted by Gasteiger charge is 2.32. The molecule has 4 aromatic carbocycles. The summed E-state index contributed by atoms with van der Waals surface area (Å²) in [5, 5.41) is 4.85. The third kappa shape index (κ3) is 9.46. The molecule has 0 aliphatic carbocycles. The van der Waals surface area contributed by atoms with Crippen LogP contribution in [0.25, 0.3) is 11.1 Å². The molecule has 2 amide bonds. The standard InChI is InChI=1S/C36H38N4O16S4/c1-53-29-9-3-23(19-33(29)57(43,44)39-11-15-55-16-12-39)35(41)37-25-5-7-27(31(21-25)59(47,48)49)28-8-6-26(22-32(28)60(50,51)52)38-36(42)24-4-10-30(54-2)34(20-24)58(45,46)40-13-17-56-18-14-40/h3-10,19-22H,11-18H2,1-2H3,(H,37,41)(H,38,42)(H,47,48,49)(H,50,51,52). The van der Waals surface area contributed by atoms with Crippen LogP contribution in [0.15, 0.2) is 92.4 Å². The van der Waals surface area contributed by atoms with E-state index in [2.05, 4.69) is 10.6 Å². The summed E-state index contributed by atoms with van der Waals surface area (Å²) in [6, 6.07) is 13.3. The number of hydrogen-bond donors (Lipinski definition) is 4. The van der Waals surface area contributed by atoms with E-state index in [-0.39, 0.29) is 96.4 Å². The van der Waals surface area contributed by atoms with Crippen molar-refractivity contribution in [3.8, 4) is 22.6 Å². The Morgan fingerprint density at radius 1 is 0.533 bits per heavy atom. The first-order valence-electron chi connectivity index (χ1n) is 17.6. The van der Waals surface area contributed by atoms with Gasteiger partial charge in [-0.25, -0.2) is 16.8 Å². The van der Waals surface area contributed by atoms with Crippen molar-refractivity contribution in [1.29, 1.82) is 0 Å². The zero-order valence-corrected chi connectivity index (χ0v) is 35.0. The fourth-order valence-electron chi connectivity index (χ4n) is 6.37. The van der Waals surface area contributed by atoms with Crippen molar-refractivity contribution in [3.63, 3.8) is 0 Å². The van der Waals surface area contributed by atoms with Gasteiger partial charge in [-0.1, -0.05) is 12.1 Å². The highest BCUT2D eigenvalue weighted by molar-refractivity contribution is 7.89. The van der Waals surface area contributed by atoms with Crippen LogP contribution in [0.5, 0.6) is 11.5 Å². The molecule has 2 heterocycles. The number of morpholine rings is 2. The molecule has 0 unspecified atom stereocenters. The molecule has 6 rings (SSSR count). The number of amides is 2. The predicted octanol–water partition coefficient (Wildman–Crippen LogP) is 2.41. The molecule has 24 heteroatoms. The molecule has 0 aromatic heterocycles. The summed E-state index contributed by atoms with van der Waals surface area (Å²) in [5.74, 6) is -1.87. The largest absolute Gasteiger partial charge is 0.495 e. The highest BCUT2D eigenvalue weighted by Crippen LogP contribution is 2.37. The molecule has 20 nitrogen and oxygen atoms in total. The van der Waals surface area contributed by atoms with Crippen LogP contribution in [0.4, 0.5) is 11.4 Å². The Labute approximate surface area is 345 Å². The number of ether oxygens (including phenoxy) is 4. The van der Waals surface area contributed by atoms with Crippen molar-refractivity contribution >= 4 is 63.5 Å². The van der Waals surface area contributed by atoms with E-state index in [1.807, 2.05) is 0 Å². The molecule has 0 bridgehead atoms. The molecule has 4 N–H and O–H groups in total. The second-order valence-corrected chi connectivity index (χ2v) is 19.6. The van der Waals surface area contributed by atoms with E-state index in [9.17, 15) is 52.4 Å². The topological polar surface area (TPSA) is 279 Å². The van der Waals surface area contributed by atoms with Gasteiger partial charge in [-0.15, -0.1) is 0 Å². The third-order valence-corrected chi connectivity index (χ3v) is 15.0. The molecule has 0 radical (unpaired) electrons. The number of carbonyl (C=O) groups is 2. The highest BCUT2D eigenvalue weighted by atomic mass is 32.2. The maximum absolute atomic E-state index is 13.4. The van der Waals surface area contributed by atoms with Gasteiger partial charge in [0.15, 0.2) is 0 Å². The summed E-state index contributed by atoms with van der Waals surface area (Å²) >= 11 is 0. The van der Waals surface area contributed by atoms with Crippen molar-refractivity contribution in [1.82, 2.24) is 8.61 Å². The number of carbonyl (C=O) groups excluding carboxylic acids is 2. The molecule has 0 saturated carbocycles. The lowest BCUT2D eigenvalue weighted by Gasteiger charge is -2.26. The van der Waals surface area contributed by atoms with Gasteiger partial charge in [-0.3, -0.25) is 18.7 Å². The molecule has 0 atom stereocenters. The van der Waals surface area contributed by atoms with E-state index >= 15 is 0 Å². The second kappa shape index (κ2) is 17.5. The summed E-state index contributed by atoms with van der Waals surface area (Å²) in [4.78, 5) is 24.4. The maximum Gasteiger partial charge on any atom is 0.295 e. The lowest BCUT2D eigenvalue weighted by Crippen LogP contribution is -2.40. The zero-order chi connectivity index (χ0) is 43.6. The van der Waals surface area contributed by atoms with E-state index in [0.29, 0.717) is 0 Å². The molecule has 60 heavy (non-hydrogen) atoms. The number of benzene rings is 4. The molecular formula is C36H38N4O16S4. The Hall–Kier alpha value is -5.02. The summed E-state index contributed by atoms with van der Waals surface area (Å²) in [7, 11) is -16.1. The van der Waals surface area contributed by atoms with Gasteiger partial charge in [0.05, 0.1) is 40.6 Å². The van der Waals surface area contributed by atoms with E-state index in [4.69, 9.17) is 18.9 Å². The van der Waals surface area contributed by atoms with Gasteiger partial charge >= 0.3 is 0 Å². The van der Waals surface area contributed by atoms with Crippen LogP contribution in [0, 0.1) is 0 Å². The molecule has 0 spiro atoms. The number of nitrogens with one attached hydrogen (secondary N) is 2. The SMILES string of the molecule is COc1ccc(C(=O)Nc2ccc(-c3ccc(NC(=O)c4ccc(OC)c(S(=O)(=O)N5CCOCC5)c4)cc3S(=O)(=O)O)c(S(=O)(=O)O)c2)cc1S(=O)(=O)N1CCOCC1. The number of hydrogen-bond acceptors (Lipinski definition) is 14. The van der Waals surface area contributed by atoms with E-state index < -0.39 is 73.0 Å². The molecule has 2 aliphatic heterocycles. The first kappa shape index (κ1) is 44.5. The number of methoxy groups -OCH3 is 2. The van der Waals surface area contributed by atoms with Gasteiger partial charge in [0.25, 0.3) is 32.1 Å². The average Bonchev–Trinajstić information content (AvgIpc) is 3.23. The lowest BCUT2D eigenvalue weighted by molar-refractivity contribution is 0.0729. The fraction of sp³-hybridized carbons (Fsp3) is 0.278. The van der Waals surface area contributed by atoms with Crippen LogP contribution >= 0.6 is 0 Å². The van der Waals surface area contributed by atoms with Crippen LogP contribution in [-0.4, -0.2) is 130 Å². The van der Waals surface area contributed by atoms with Gasteiger partial charge < -0.3 is 29.6 Å². The first-order chi connectivity index (χ1) is 28.2. The van der Waals surface area contributed by atoms with Gasteiger partial charge in [0.2, 0.25) is 20.0 Å². The van der Waals surface area contributed by atoms with Crippen LogP contribution in [0.2, 0.25) is 0 Å². The average molecular weight is 911 g/mol. The summed E-state index contributed by atoms with van der Waals surface area (Å²) < 4.78 is 148. The van der Waals surface area contributed by atoms with Crippen LogP contribution in [0.1, 0.15) is 20.7 Å². The van der Waals surface area contributed by atoms with Gasteiger partial charge in [-0.2, -0.15) is 25.4 Å². The maximum atomic E-state index is 13.4. The Bertz CT molecular complexity index is 2600. The smallest absolute Gasteiger partial charge is 0.295 e. The number of nitrogens with zero attached hydrogens (tertiary/aromatic N) is 2. The number of rotatable bonds is 13. The minimum Gasteiger partial charge on any atom is -0.495 e. The van der Waals surface area contributed by atoms with E-state index in [0.717, 1.165) is 48.5 Å². The third-order valence-electron chi connectivity index (χ3n) is 9.35. The van der Waals surface area contributed by atoms with Crippen molar-refractivity contribution in [2.75, 3.05) is 77.5 Å². The van der Waals surface area contributed by atoms with Crippen molar-refractivity contribution in [2.45, 2.75) is 19.6 Å². The Balaban J connectivity index is 1.30. The van der Waals surface area contributed by atoms with Gasteiger partial charge in [0, 0.05) is 59.8 Å². The normalized spacial score (nSPS) is 15.9. The van der Waals surface area contributed by atoms with Gasteiger partial charge in [0.1, 0.15) is 31.1 Å². The monoisotopic (exact) mass is 910 g/mol. The van der Waals surface area contributed by atoms with Crippen LogP contribution in [-0.2, 0) is 49.8 Å². The Morgan fingerprint density at radius 2 is 0.883 bits per heavy atom. The summed E-state index contributed by atoms with van der Waals surface area (Å²) in [6.07, 6.45) is 0. The number of sulfonamides is 2. The molecular weight excluding hydrogens is 873 g/mol. The van der Waals surface area contributed by atoms with Crippen LogP contribution in [0.3, 0.4) is 0 Å².